The third-order valence-corrected chi connectivity index (χ3v) is 4.28. The minimum atomic E-state index is 0.295. The average molecular weight is 239 g/mol. The molecule has 0 aromatic rings. The summed E-state index contributed by atoms with van der Waals surface area (Å²) in [5, 5.41) is 3.42. The molecule has 98 valence electrons. The molecule has 0 aromatic carbocycles. The Morgan fingerprint density at radius 1 is 1.29 bits per heavy atom. The van der Waals surface area contributed by atoms with Crippen LogP contribution in [0.25, 0.3) is 0 Å². The van der Waals surface area contributed by atoms with Crippen LogP contribution in [0.2, 0.25) is 0 Å². The molecule has 1 fully saturated rings. The third kappa shape index (κ3) is 2.50. The van der Waals surface area contributed by atoms with Gasteiger partial charge in [0.1, 0.15) is 5.76 Å². The van der Waals surface area contributed by atoms with E-state index >= 15 is 0 Å². The summed E-state index contributed by atoms with van der Waals surface area (Å²) in [5.41, 5.74) is 0. The van der Waals surface area contributed by atoms with Crippen LogP contribution in [0, 0.1) is 11.8 Å². The van der Waals surface area contributed by atoms with Crippen LogP contribution in [0.15, 0.2) is 11.8 Å². The van der Waals surface area contributed by atoms with Crippen LogP contribution in [0.4, 0.5) is 0 Å². The van der Waals surface area contributed by atoms with E-state index in [1.807, 2.05) is 7.05 Å². The zero-order chi connectivity index (χ0) is 12.4. The van der Waals surface area contributed by atoms with E-state index in [0.717, 1.165) is 25.2 Å². The Morgan fingerprint density at radius 3 is 2.53 bits per heavy atom. The second kappa shape index (κ2) is 5.40. The van der Waals surface area contributed by atoms with Crippen molar-refractivity contribution in [3.8, 4) is 0 Å². The molecule has 2 aliphatic heterocycles. The molecule has 0 aromatic heterocycles. The molecule has 0 amide bonds. The molecule has 17 heavy (non-hydrogen) atoms. The molecule has 1 saturated heterocycles. The highest BCUT2D eigenvalue weighted by Crippen LogP contribution is 2.37. The van der Waals surface area contributed by atoms with Gasteiger partial charge in [0.05, 0.1) is 24.9 Å². The van der Waals surface area contributed by atoms with E-state index in [9.17, 15) is 0 Å². The lowest BCUT2D eigenvalue weighted by molar-refractivity contribution is 0.0454. The largest absolute Gasteiger partial charge is 0.497 e. The highest BCUT2D eigenvalue weighted by molar-refractivity contribution is 5.10. The molecule has 0 radical (unpaired) electrons. The van der Waals surface area contributed by atoms with Gasteiger partial charge in [0.25, 0.3) is 0 Å². The molecule has 2 aliphatic rings. The summed E-state index contributed by atoms with van der Waals surface area (Å²) >= 11 is 0. The lowest BCUT2D eigenvalue weighted by Crippen LogP contribution is -2.42. The molecule has 3 heteroatoms. The van der Waals surface area contributed by atoms with Crippen LogP contribution >= 0.6 is 0 Å². The normalized spacial score (nSPS) is 39.6. The first-order valence-electron chi connectivity index (χ1n) is 6.80. The fourth-order valence-electron chi connectivity index (χ4n) is 3.19. The number of ether oxygens (including phenoxy) is 2. The molecular formula is C14H25NO2. The van der Waals surface area contributed by atoms with Gasteiger partial charge in [-0.15, -0.1) is 0 Å². The number of nitrogens with one attached hydrogen (secondary N) is 1. The molecule has 1 N–H and O–H groups in total. The SMILES string of the molecule is CNC(C1=CCCCO1)C1C(C)OC(C)C1C. The molecule has 2 rings (SSSR count). The van der Waals surface area contributed by atoms with Crippen LogP contribution < -0.4 is 5.32 Å². The van der Waals surface area contributed by atoms with Gasteiger partial charge in [0, 0.05) is 5.92 Å². The van der Waals surface area contributed by atoms with Crippen molar-refractivity contribution in [2.75, 3.05) is 13.7 Å². The summed E-state index contributed by atoms with van der Waals surface area (Å²) in [6, 6.07) is 0.297. The predicted octanol–water partition coefficient (Wildman–Crippen LogP) is 2.33. The highest BCUT2D eigenvalue weighted by Gasteiger charge is 2.43. The number of hydrogen-bond donors (Lipinski definition) is 1. The number of allylic oxidation sites excluding steroid dienone is 1. The van der Waals surface area contributed by atoms with Crippen LogP contribution in [-0.4, -0.2) is 31.9 Å². The number of rotatable bonds is 3. The molecule has 0 spiro atoms. The van der Waals surface area contributed by atoms with E-state index in [4.69, 9.17) is 9.47 Å². The topological polar surface area (TPSA) is 30.5 Å². The minimum Gasteiger partial charge on any atom is -0.497 e. The van der Waals surface area contributed by atoms with Crippen molar-refractivity contribution >= 4 is 0 Å². The van der Waals surface area contributed by atoms with Crippen LogP contribution in [0.5, 0.6) is 0 Å². The Bertz CT molecular complexity index is 290. The predicted molar refractivity (Wildman–Crippen MR) is 68.8 cm³/mol. The van der Waals surface area contributed by atoms with E-state index in [0.29, 0.717) is 30.1 Å². The van der Waals surface area contributed by atoms with Crippen molar-refractivity contribution in [2.24, 2.45) is 11.8 Å². The van der Waals surface area contributed by atoms with Gasteiger partial charge in [-0.05, 0) is 45.7 Å². The lowest BCUT2D eigenvalue weighted by atomic mass is 9.82. The van der Waals surface area contributed by atoms with Crippen molar-refractivity contribution in [3.63, 3.8) is 0 Å². The molecule has 5 atom stereocenters. The Hall–Kier alpha value is -0.540. The maximum absolute atomic E-state index is 5.94. The van der Waals surface area contributed by atoms with Crippen molar-refractivity contribution in [3.05, 3.63) is 11.8 Å². The highest BCUT2D eigenvalue weighted by atomic mass is 16.5. The zero-order valence-corrected chi connectivity index (χ0v) is 11.4. The first kappa shape index (κ1) is 12.9. The summed E-state index contributed by atoms with van der Waals surface area (Å²) in [6.45, 7) is 7.49. The first-order valence-corrected chi connectivity index (χ1v) is 6.80. The second-order valence-electron chi connectivity index (χ2n) is 5.35. The van der Waals surface area contributed by atoms with Gasteiger partial charge in [0.2, 0.25) is 0 Å². The molecule has 0 aliphatic carbocycles. The van der Waals surface area contributed by atoms with E-state index in [1.54, 1.807) is 0 Å². The van der Waals surface area contributed by atoms with Crippen molar-refractivity contribution in [1.29, 1.82) is 0 Å². The average Bonchev–Trinajstić information content (AvgIpc) is 2.58. The Labute approximate surface area is 105 Å². The Kier molecular flexibility index (Phi) is 4.10. The van der Waals surface area contributed by atoms with Gasteiger partial charge in [-0.1, -0.05) is 6.92 Å². The fraction of sp³-hybridized carbons (Fsp3) is 0.857. The van der Waals surface area contributed by atoms with Crippen molar-refractivity contribution in [2.45, 2.75) is 51.9 Å². The fourth-order valence-corrected chi connectivity index (χ4v) is 3.19. The molecule has 2 heterocycles. The molecular weight excluding hydrogens is 214 g/mol. The van der Waals surface area contributed by atoms with Crippen LogP contribution in [0.3, 0.4) is 0 Å². The lowest BCUT2D eigenvalue weighted by Gasteiger charge is -2.31. The van der Waals surface area contributed by atoms with Crippen molar-refractivity contribution in [1.82, 2.24) is 5.32 Å². The van der Waals surface area contributed by atoms with E-state index in [1.165, 1.54) is 0 Å². The van der Waals surface area contributed by atoms with Crippen molar-refractivity contribution < 1.29 is 9.47 Å². The number of hydrogen-bond acceptors (Lipinski definition) is 3. The Balaban J connectivity index is 2.14. The van der Waals surface area contributed by atoms with Gasteiger partial charge in [-0.25, -0.2) is 0 Å². The van der Waals surface area contributed by atoms with Gasteiger partial charge in [-0.3, -0.25) is 0 Å². The van der Waals surface area contributed by atoms with E-state index in [2.05, 4.69) is 32.2 Å². The monoisotopic (exact) mass is 239 g/mol. The molecule has 0 saturated carbocycles. The summed E-state index contributed by atoms with van der Waals surface area (Å²) in [5.74, 6) is 2.19. The summed E-state index contributed by atoms with van der Waals surface area (Å²) < 4.78 is 11.8. The molecule has 5 unspecified atom stereocenters. The van der Waals surface area contributed by atoms with E-state index in [-0.39, 0.29) is 0 Å². The maximum Gasteiger partial charge on any atom is 0.109 e. The van der Waals surface area contributed by atoms with Crippen LogP contribution in [-0.2, 0) is 9.47 Å². The number of likely N-dealkylation sites (N-methyl/N-ethyl adjacent to an activating group) is 1. The first-order chi connectivity index (χ1) is 8.15. The third-order valence-electron chi connectivity index (χ3n) is 4.28. The zero-order valence-electron chi connectivity index (χ0n) is 11.4. The standard InChI is InChI=1S/C14H25NO2/c1-9-10(2)17-11(3)13(9)14(15-4)12-7-5-6-8-16-12/h7,9-11,13-15H,5-6,8H2,1-4H3. The van der Waals surface area contributed by atoms with Gasteiger partial charge in [-0.2, -0.15) is 0 Å². The second-order valence-corrected chi connectivity index (χ2v) is 5.35. The van der Waals surface area contributed by atoms with Gasteiger partial charge >= 0.3 is 0 Å². The molecule has 0 bridgehead atoms. The van der Waals surface area contributed by atoms with E-state index < -0.39 is 0 Å². The van der Waals surface area contributed by atoms with Gasteiger partial charge in [0.15, 0.2) is 0 Å². The maximum atomic E-state index is 5.94. The Morgan fingerprint density at radius 2 is 2.06 bits per heavy atom. The summed E-state index contributed by atoms with van der Waals surface area (Å²) in [7, 11) is 2.02. The minimum absolute atomic E-state index is 0.295. The summed E-state index contributed by atoms with van der Waals surface area (Å²) in [4.78, 5) is 0. The molecule has 3 nitrogen and oxygen atoms in total. The summed E-state index contributed by atoms with van der Waals surface area (Å²) in [6.07, 6.45) is 5.16. The van der Waals surface area contributed by atoms with Crippen LogP contribution in [0.1, 0.15) is 33.6 Å². The van der Waals surface area contributed by atoms with Gasteiger partial charge < -0.3 is 14.8 Å². The smallest absolute Gasteiger partial charge is 0.109 e. The quantitative estimate of drug-likeness (QED) is 0.820.